The molecule has 2 heterocycles. The van der Waals surface area contributed by atoms with Crippen LogP contribution in [0, 0.1) is 11.8 Å². The summed E-state index contributed by atoms with van der Waals surface area (Å²) in [6, 6.07) is 7.53. The van der Waals surface area contributed by atoms with E-state index in [0.717, 1.165) is 36.9 Å². The molecular weight excluding hydrogens is 362 g/mol. The number of carbonyl (C=O) groups is 1. The third-order valence-electron chi connectivity index (χ3n) is 5.73. The van der Waals surface area contributed by atoms with Gasteiger partial charge in [0.2, 0.25) is 11.1 Å². The van der Waals surface area contributed by atoms with Crippen molar-refractivity contribution in [1.82, 2.24) is 25.1 Å². The van der Waals surface area contributed by atoms with Gasteiger partial charge in [0.15, 0.2) is 0 Å². The number of thioether (sulfide) groups is 1. The second-order valence-electron chi connectivity index (χ2n) is 7.29. The summed E-state index contributed by atoms with van der Waals surface area (Å²) in [4.78, 5) is 14.8. The molecule has 0 N–H and O–H groups in total. The van der Waals surface area contributed by atoms with E-state index < -0.39 is 0 Å². The number of hydrogen-bond acceptors (Lipinski definition) is 6. The van der Waals surface area contributed by atoms with Crippen molar-refractivity contribution in [3.63, 3.8) is 0 Å². The van der Waals surface area contributed by atoms with Gasteiger partial charge in [-0.05, 0) is 59.4 Å². The van der Waals surface area contributed by atoms with Crippen LogP contribution in [-0.2, 0) is 4.79 Å². The molecule has 2 atom stereocenters. The summed E-state index contributed by atoms with van der Waals surface area (Å²) in [7, 11) is 1.63. The molecule has 0 radical (unpaired) electrons. The summed E-state index contributed by atoms with van der Waals surface area (Å²) >= 11 is 1.39. The molecule has 1 aromatic carbocycles. The number of methoxy groups -OCH3 is 1. The fourth-order valence-corrected chi connectivity index (χ4v) is 4.99. The first kappa shape index (κ1) is 18.3. The molecule has 1 saturated carbocycles. The maximum atomic E-state index is 12.7. The summed E-state index contributed by atoms with van der Waals surface area (Å²) in [5.41, 5.74) is 0.846. The number of tetrazole rings is 1. The van der Waals surface area contributed by atoms with Gasteiger partial charge < -0.3 is 9.64 Å². The van der Waals surface area contributed by atoms with Crippen molar-refractivity contribution < 1.29 is 9.53 Å². The fraction of sp³-hybridized carbons (Fsp3) is 0.579. The van der Waals surface area contributed by atoms with E-state index in [4.69, 9.17) is 4.74 Å². The third kappa shape index (κ3) is 4.10. The summed E-state index contributed by atoms with van der Waals surface area (Å²) in [6.07, 6.45) is 6.45. The van der Waals surface area contributed by atoms with Crippen LogP contribution >= 0.6 is 11.8 Å². The predicted octanol–water partition coefficient (Wildman–Crippen LogP) is 2.80. The highest BCUT2D eigenvalue weighted by Gasteiger charge is 2.32. The molecule has 1 aliphatic carbocycles. The Bertz CT molecular complexity index is 779. The first-order chi connectivity index (χ1) is 13.2. The van der Waals surface area contributed by atoms with Crippen molar-refractivity contribution in [2.45, 2.75) is 37.3 Å². The molecule has 1 amide bonds. The minimum atomic E-state index is 0.188. The van der Waals surface area contributed by atoms with Gasteiger partial charge in [-0.15, -0.1) is 5.10 Å². The van der Waals surface area contributed by atoms with Gasteiger partial charge in [-0.2, -0.15) is 4.68 Å². The molecule has 0 unspecified atom stereocenters. The lowest BCUT2D eigenvalue weighted by Gasteiger charge is -2.41. The van der Waals surface area contributed by atoms with E-state index in [1.807, 2.05) is 29.2 Å². The number of carbonyl (C=O) groups excluding carboxylic acids is 1. The molecule has 7 nitrogen and oxygen atoms in total. The lowest BCUT2D eigenvalue weighted by Crippen LogP contribution is -2.45. The van der Waals surface area contributed by atoms with Crippen molar-refractivity contribution >= 4 is 17.7 Å². The van der Waals surface area contributed by atoms with Crippen LogP contribution in [0.1, 0.15) is 32.1 Å². The van der Waals surface area contributed by atoms with E-state index in [-0.39, 0.29) is 5.91 Å². The molecule has 144 valence electrons. The fourth-order valence-electron chi connectivity index (χ4n) is 4.20. The monoisotopic (exact) mass is 387 g/mol. The molecule has 0 spiro atoms. The van der Waals surface area contributed by atoms with Crippen molar-refractivity contribution in [2.75, 3.05) is 26.0 Å². The van der Waals surface area contributed by atoms with Crippen molar-refractivity contribution in [3.8, 4) is 11.4 Å². The van der Waals surface area contributed by atoms with Crippen molar-refractivity contribution in [1.29, 1.82) is 0 Å². The van der Waals surface area contributed by atoms with Crippen LogP contribution in [0.5, 0.6) is 5.75 Å². The smallest absolute Gasteiger partial charge is 0.233 e. The van der Waals surface area contributed by atoms with Gasteiger partial charge >= 0.3 is 0 Å². The van der Waals surface area contributed by atoms with Crippen molar-refractivity contribution in [2.24, 2.45) is 11.8 Å². The Hall–Kier alpha value is -2.09. The Kier molecular flexibility index (Phi) is 5.61. The maximum Gasteiger partial charge on any atom is 0.233 e. The quantitative estimate of drug-likeness (QED) is 0.735. The molecule has 27 heavy (non-hydrogen) atoms. The Morgan fingerprint density at radius 3 is 2.74 bits per heavy atom. The van der Waals surface area contributed by atoms with Crippen LogP contribution in [0.4, 0.5) is 0 Å². The molecule has 4 rings (SSSR count). The SMILES string of the molecule is COc1ccc(-n2nnnc2SCC(=O)N2CC[C@@H]3CCCC[C@@H]3C2)cc1. The summed E-state index contributed by atoms with van der Waals surface area (Å²) in [5, 5.41) is 12.5. The summed E-state index contributed by atoms with van der Waals surface area (Å²) in [5.74, 6) is 2.87. The predicted molar refractivity (Wildman–Crippen MR) is 103 cm³/mol. The molecule has 1 aromatic heterocycles. The maximum absolute atomic E-state index is 12.7. The average molecular weight is 388 g/mol. The Morgan fingerprint density at radius 2 is 1.96 bits per heavy atom. The lowest BCUT2D eigenvalue weighted by molar-refractivity contribution is -0.131. The molecule has 2 aromatic rings. The first-order valence-electron chi connectivity index (χ1n) is 9.58. The second-order valence-corrected chi connectivity index (χ2v) is 8.24. The molecule has 2 aliphatic rings. The van der Waals surface area contributed by atoms with E-state index in [1.165, 1.54) is 37.4 Å². The average Bonchev–Trinajstić information content (AvgIpc) is 3.20. The zero-order chi connectivity index (χ0) is 18.6. The second kappa shape index (κ2) is 8.29. The molecular formula is C19H25N5O2S. The molecule has 0 bridgehead atoms. The van der Waals surface area contributed by atoms with Gasteiger partial charge in [0.1, 0.15) is 5.75 Å². The van der Waals surface area contributed by atoms with E-state index in [2.05, 4.69) is 15.5 Å². The van der Waals surface area contributed by atoms with Crippen LogP contribution in [0.25, 0.3) is 5.69 Å². The highest BCUT2D eigenvalue weighted by molar-refractivity contribution is 7.99. The Balaban J connectivity index is 1.36. The standard InChI is InChI=1S/C19H25N5O2S/c1-26-17-8-6-16(7-9-17)24-19(20-21-22-24)27-13-18(25)23-11-10-14-4-2-3-5-15(14)12-23/h6-9,14-15H,2-5,10-13H2,1H3/t14-,15+/m0/s1. The highest BCUT2D eigenvalue weighted by atomic mass is 32.2. The number of likely N-dealkylation sites (tertiary alicyclic amines) is 1. The van der Waals surface area contributed by atoms with Crippen LogP contribution in [0.3, 0.4) is 0 Å². The van der Waals surface area contributed by atoms with E-state index in [9.17, 15) is 4.79 Å². The normalized spacial score (nSPS) is 22.3. The third-order valence-corrected chi connectivity index (χ3v) is 6.63. The van der Waals surface area contributed by atoms with Gasteiger partial charge in [-0.3, -0.25) is 4.79 Å². The highest BCUT2D eigenvalue weighted by Crippen LogP contribution is 2.36. The van der Waals surface area contributed by atoms with Crippen LogP contribution in [0.2, 0.25) is 0 Å². The van der Waals surface area contributed by atoms with Gasteiger partial charge in [0, 0.05) is 13.1 Å². The number of piperidine rings is 1. The number of nitrogens with zero attached hydrogens (tertiary/aromatic N) is 5. The number of fused-ring (bicyclic) bond motifs is 1. The Labute approximate surface area is 163 Å². The first-order valence-corrected chi connectivity index (χ1v) is 10.6. The summed E-state index contributed by atoms with van der Waals surface area (Å²) < 4.78 is 6.84. The van der Waals surface area contributed by atoms with Crippen LogP contribution in [-0.4, -0.2) is 57.0 Å². The minimum Gasteiger partial charge on any atom is -0.497 e. The van der Waals surface area contributed by atoms with Crippen molar-refractivity contribution in [3.05, 3.63) is 24.3 Å². The van der Waals surface area contributed by atoms with E-state index >= 15 is 0 Å². The zero-order valence-corrected chi connectivity index (χ0v) is 16.4. The van der Waals surface area contributed by atoms with Crippen LogP contribution in [0.15, 0.2) is 29.4 Å². The van der Waals surface area contributed by atoms with Crippen LogP contribution < -0.4 is 4.74 Å². The Morgan fingerprint density at radius 1 is 1.19 bits per heavy atom. The van der Waals surface area contributed by atoms with Gasteiger partial charge in [-0.25, -0.2) is 0 Å². The number of amides is 1. The largest absolute Gasteiger partial charge is 0.497 e. The topological polar surface area (TPSA) is 73.1 Å². The van der Waals surface area contributed by atoms with Gasteiger partial charge in [0.25, 0.3) is 0 Å². The van der Waals surface area contributed by atoms with Gasteiger partial charge in [0.05, 0.1) is 18.6 Å². The number of hydrogen-bond donors (Lipinski definition) is 0. The molecule has 2 fully saturated rings. The van der Waals surface area contributed by atoms with E-state index in [0.29, 0.717) is 16.8 Å². The molecule has 8 heteroatoms. The molecule has 1 saturated heterocycles. The minimum absolute atomic E-state index is 0.188. The van der Waals surface area contributed by atoms with Gasteiger partial charge in [-0.1, -0.05) is 31.0 Å². The number of benzene rings is 1. The van der Waals surface area contributed by atoms with E-state index in [1.54, 1.807) is 11.8 Å². The number of rotatable bonds is 5. The number of aromatic nitrogens is 4. The summed E-state index contributed by atoms with van der Waals surface area (Å²) in [6.45, 7) is 1.82. The lowest BCUT2D eigenvalue weighted by atomic mass is 9.75. The molecule has 1 aliphatic heterocycles. The zero-order valence-electron chi connectivity index (χ0n) is 15.6. The number of ether oxygens (including phenoxy) is 1.